The first-order chi connectivity index (χ1) is 9.52. The van der Waals surface area contributed by atoms with Crippen LogP contribution in [0.15, 0.2) is 12.3 Å². The van der Waals surface area contributed by atoms with Gasteiger partial charge in [-0.15, -0.1) is 11.6 Å². The molecule has 0 saturated heterocycles. The monoisotopic (exact) mass is 314 g/mol. The van der Waals surface area contributed by atoms with Crippen molar-refractivity contribution in [1.29, 1.82) is 0 Å². The predicted molar refractivity (Wildman–Crippen MR) is 84.8 cm³/mol. The molecule has 0 aromatic carbocycles. The van der Waals surface area contributed by atoms with E-state index >= 15 is 0 Å². The number of nitrogens with zero attached hydrogens (tertiary/aromatic N) is 4. The molecule has 110 valence electrons. The minimum atomic E-state index is 0.328. The van der Waals surface area contributed by atoms with E-state index in [1.165, 1.54) is 0 Å². The second kappa shape index (κ2) is 6.74. The number of aromatic nitrogens is 3. The summed E-state index contributed by atoms with van der Waals surface area (Å²) in [6.45, 7) is 3.22. The van der Waals surface area contributed by atoms with Crippen LogP contribution in [0.1, 0.15) is 25.2 Å². The van der Waals surface area contributed by atoms with Crippen LogP contribution in [-0.2, 0) is 6.42 Å². The number of imidazole rings is 1. The number of halogens is 2. The molecule has 0 saturated carbocycles. The number of alkyl halides is 1. The molecule has 0 aliphatic heterocycles. The highest BCUT2D eigenvalue weighted by atomic mass is 35.5. The molecule has 2 rings (SSSR count). The lowest BCUT2D eigenvalue weighted by Crippen LogP contribution is -2.19. The lowest BCUT2D eigenvalue weighted by molar-refractivity contribution is 0.357. The molecule has 0 spiro atoms. The van der Waals surface area contributed by atoms with Crippen LogP contribution in [0.3, 0.4) is 0 Å². The van der Waals surface area contributed by atoms with Gasteiger partial charge >= 0.3 is 0 Å². The van der Waals surface area contributed by atoms with Gasteiger partial charge in [0.1, 0.15) is 11.3 Å². The minimum absolute atomic E-state index is 0.328. The molecule has 20 heavy (non-hydrogen) atoms. The number of hydrogen-bond donors (Lipinski definition) is 0. The Labute approximate surface area is 129 Å². The first-order valence-corrected chi connectivity index (χ1v) is 7.67. The highest BCUT2D eigenvalue weighted by Crippen LogP contribution is 2.24. The molecule has 6 heteroatoms. The molecule has 0 N–H and O–H groups in total. The average molecular weight is 315 g/mol. The summed E-state index contributed by atoms with van der Waals surface area (Å²) in [6.07, 6.45) is 3.45. The summed E-state index contributed by atoms with van der Waals surface area (Å²) in [5.74, 6) is 1.54. The Kier molecular flexibility index (Phi) is 5.24. The summed E-state index contributed by atoms with van der Waals surface area (Å²) in [7, 11) is 4.16. The van der Waals surface area contributed by atoms with E-state index in [1.807, 2.05) is 6.07 Å². The van der Waals surface area contributed by atoms with E-state index in [0.717, 1.165) is 36.4 Å². The van der Waals surface area contributed by atoms with Crippen LogP contribution in [0.5, 0.6) is 0 Å². The third-order valence-corrected chi connectivity index (χ3v) is 3.72. The Morgan fingerprint density at radius 1 is 1.40 bits per heavy atom. The topological polar surface area (TPSA) is 34.0 Å². The van der Waals surface area contributed by atoms with Crippen molar-refractivity contribution in [3.8, 4) is 0 Å². The standard InChI is InChI=1S/C14H20Cl2N4/c1-10(5-7-19(2)3)20-13(4-6-15)18-12-8-11(16)9-17-14(12)20/h8-10H,4-7H2,1-3H3. The Morgan fingerprint density at radius 3 is 2.80 bits per heavy atom. The van der Waals surface area contributed by atoms with Gasteiger partial charge in [-0.2, -0.15) is 0 Å². The first kappa shape index (κ1) is 15.5. The maximum Gasteiger partial charge on any atom is 0.160 e. The van der Waals surface area contributed by atoms with Gasteiger partial charge in [0.2, 0.25) is 0 Å². The molecular formula is C14H20Cl2N4. The third kappa shape index (κ3) is 3.43. The summed E-state index contributed by atoms with van der Waals surface area (Å²) in [5.41, 5.74) is 1.73. The molecule has 2 aromatic heterocycles. The van der Waals surface area contributed by atoms with Crippen molar-refractivity contribution >= 4 is 34.4 Å². The first-order valence-electron chi connectivity index (χ1n) is 6.76. The van der Waals surface area contributed by atoms with Gasteiger partial charge in [0.15, 0.2) is 5.65 Å². The third-order valence-electron chi connectivity index (χ3n) is 3.32. The molecule has 0 amide bonds. The fourth-order valence-corrected chi connectivity index (χ4v) is 2.62. The van der Waals surface area contributed by atoms with Gasteiger partial charge in [-0.05, 0) is 40.1 Å². The van der Waals surface area contributed by atoms with Gasteiger partial charge < -0.3 is 9.47 Å². The van der Waals surface area contributed by atoms with Crippen molar-refractivity contribution in [3.63, 3.8) is 0 Å². The Bertz CT molecular complexity index is 580. The summed E-state index contributed by atoms with van der Waals surface area (Å²) in [4.78, 5) is 11.3. The molecule has 0 aliphatic carbocycles. The van der Waals surface area contributed by atoms with Crippen molar-refractivity contribution in [2.24, 2.45) is 0 Å². The van der Waals surface area contributed by atoms with E-state index in [2.05, 4.69) is 40.5 Å². The number of aryl methyl sites for hydroxylation is 1. The maximum atomic E-state index is 6.00. The zero-order valence-electron chi connectivity index (χ0n) is 12.1. The lowest BCUT2D eigenvalue weighted by atomic mass is 10.2. The molecule has 4 nitrogen and oxygen atoms in total. The van der Waals surface area contributed by atoms with E-state index in [0.29, 0.717) is 16.9 Å². The van der Waals surface area contributed by atoms with Crippen molar-refractivity contribution in [2.45, 2.75) is 25.8 Å². The molecular weight excluding hydrogens is 295 g/mol. The SMILES string of the molecule is CC(CCN(C)C)n1c(CCCl)nc2cc(Cl)cnc21. The maximum absolute atomic E-state index is 6.00. The average Bonchev–Trinajstić information content (AvgIpc) is 2.73. The summed E-state index contributed by atoms with van der Waals surface area (Å²) in [5, 5.41) is 0.612. The molecule has 0 aliphatic rings. The summed E-state index contributed by atoms with van der Waals surface area (Å²) < 4.78 is 2.19. The zero-order valence-corrected chi connectivity index (χ0v) is 13.6. The predicted octanol–water partition coefficient (Wildman–Crippen LogP) is 3.38. The summed E-state index contributed by atoms with van der Waals surface area (Å²) >= 11 is 11.9. The Balaban J connectivity index is 2.39. The van der Waals surface area contributed by atoms with Crippen LogP contribution in [-0.4, -0.2) is 46.0 Å². The lowest BCUT2D eigenvalue weighted by Gasteiger charge is -2.19. The van der Waals surface area contributed by atoms with Crippen LogP contribution in [0.2, 0.25) is 5.02 Å². The molecule has 1 atom stereocenters. The van der Waals surface area contributed by atoms with Gasteiger partial charge in [-0.3, -0.25) is 0 Å². The fourth-order valence-electron chi connectivity index (χ4n) is 2.30. The fraction of sp³-hybridized carbons (Fsp3) is 0.571. The van der Waals surface area contributed by atoms with Crippen molar-refractivity contribution in [3.05, 3.63) is 23.1 Å². The molecule has 1 unspecified atom stereocenters. The number of rotatable bonds is 6. The van der Waals surface area contributed by atoms with Crippen LogP contribution in [0.25, 0.3) is 11.2 Å². The normalized spacial score (nSPS) is 13.3. The van der Waals surface area contributed by atoms with E-state index in [9.17, 15) is 0 Å². The van der Waals surface area contributed by atoms with Crippen LogP contribution in [0, 0.1) is 0 Å². The quantitative estimate of drug-likeness (QED) is 0.766. The largest absolute Gasteiger partial charge is 0.310 e. The highest BCUT2D eigenvalue weighted by Gasteiger charge is 2.17. The summed E-state index contributed by atoms with van der Waals surface area (Å²) in [6, 6.07) is 2.19. The van der Waals surface area contributed by atoms with Crippen LogP contribution >= 0.6 is 23.2 Å². The van der Waals surface area contributed by atoms with Gasteiger partial charge in [0, 0.05) is 24.5 Å². The van der Waals surface area contributed by atoms with Crippen LogP contribution < -0.4 is 0 Å². The smallest absolute Gasteiger partial charge is 0.160 e. The second-order valence-electron chi connectivity index (χ2n) is 5.27. The molecule has 0 fully saturated rings. The van der Waals surface area contributed by atoms with Gasteiger partial charge in [-0.1, -0.05) is 11.6 Å². The van der Waals surface area contributed by atoms with Gasteiger partial charge in [0.05, 0.1) is 5.02 Å². The second-order valence-corrected chi connectivity index (χ2v) is 6.09. The molecule has 2 aromatic rings. The minimum Gasteiger partial charge on any atom is -0.310 e. The van der Waals surface area contributed by atoms with Crippen molar-refractivity contribution < 1.29 is 0 Å². The van der Waals surface area contributed by atoms with E-state index in [4.69, 9.17) is 23.2 Å². The van der Waals surface area contributed by atoms with Gasteiger partial charge in [-0.25, -0.2) is 9.97 Å². The zero-order chi connectivity index (χ0) is 14.7. The van der Waals surface area contributed by atoms with E-state index < -0.39 is 0 Å². The van der Waals surface area contributed by atoms with Gasteiger partial charge in [0.25, 0.3) is 0 Å². The highest BCUT2D eigenvalue weighted by molar-refractivity contribution is 6.31. The Morgan fingerprint density at radius 2 is 2.15 bits per heavy atom. The molecule has 0 radical (unpaired) electrons. The number of hydrogen-bond acceptors (Lipinski definition) is 3. The van der Waals surface area contributed by atoms with E-state index in [1.54, 1.807) is 6.20 Å². The van der Waals surface area contributed by atoms with E-state index in [-0.39, 0.29) is 0 Å². The molecule has 0 bridgehead atoms. The number of pyridine rings is 1. The Hall–Kier alpha value is -0.840. The van der Waals surface area contributed by atoms with Crippen LogP contribution in [0.4, 0.5) is 0 Å². The number of fused-ring (bicyclic) bond motifs is 1. The molecule has 2 heterocycles. The van der Waals surface area contributed by atoms with Crippen molar-refractivity contribution in [1.82, 2.24) is 19.4 Å². The van der Waals surface area contributed by atoms with Crippen molar-refractivity contribution in [2.75, 3.05) is 26.5 Å².